The summed E-state index contributed by atoms with van der Waals surface area (Å²) in [6.07, 6.45) is 1.93. The summed E-state index contributed by atoms with van der Waals surface area (Å²) in [5.41, 5.74) is 1.72. The molecule has 2 N–H and O–H groups in total. The number of hydrogen-bond acceptors (Lipinski definition) is 6. The smallest absolute Gasteiger partial charge is 0.191 e. The van der Waals surface area contributed by atoms with Crippen LogP contribution in [0, 0.1) is 0 Å². The lowest BCUT2D eigenvalue weighted by molar-refractivity contribution is 0.347. The highest BCUT2D eigenvalue weighted by Gasteiger charge is 2.12. The van der Waals surface area contributed by atoms with Crippen molar-refractivity contribution in [2.24, 2.45) is 4.99 Å². The van der Waals surface area contributed by atoms with Crippen molar-refractivity contribution < 1.29 is 14.2 Å². The molecule has 0 radical (unpaired) electrons. The number of rotatable bonds is 7. The van der Waals surface area contributed by atoms with Crippen molar-refractivity contribution in [2.45, 2.75) is 13.1 Å². The Kier molecular flexibility index (Phi) is 8.31. The molecule has 0 atom stereocenters. The first-order valence-electron chi connectivity index (χ1n) is 8.72. The molecule has 156 valence electrons. The van der Waals surface area contributed by atoms with Crippen LogP contribution in [0.25, 0.3) is 5.65 Å². The van der Waals surface area contributed by atoms with Gasteiger partial charge < -0.3 is 24.8 Å². The van der Waals surface area contributed by atoms with Gasteiger partial charge in [0.25, 0.3) is 0 Å². The second kappa shape index (κ2) is 10.7. The fraction of sp³-hybridized carbons (Fsp3) is 0.316. The van der Waals surface area contributed by atoms with Crippen LogP contribution in [-0.2, 0) is 13.1 Å². The summed E-state index contributed by atoms with van der Waals surface area (Å²) in [5.74, 6) is 3.37. The summed E-state index contributed by atoms with van der Waals surface area (Å²) in [6, 6.07) is 9.46. The minimum atomic E-state index is 0. The van der Waals surface area contributed by atoms with Gasteiger partial charge in [0.15, 0.2) is 28.9 Å². The number of aliphatic imine (C=N–C) groups is 1. The summed E-state index contributed by atoms with van der Waals surface area (Å²) >= 11 is 0. The van der Waals surface area contributed by atoms with Crippen molar-refractivity contribution in [3.8, 4) is 17.2 Å². The number of fused-ring (bicyclic) bond motifs is 1. The van der Waals surface area contributed by atoms with E-state index in [-0.39, 0.29) is 24.0 Å². The van der Waals surface area contributed by atoms with E-state index < -0.39 is 0 Å². The summed E-state index contributed by atoms with van der Waals surface area (Å²) in [7, 11) is 6.53. The van der Waals surface area contributed by atoms with Crippen LogP contribution >= 0.6 is 24.0 Å². The van der Waals surface area contributed by atoms with Gasteiger partial charge in [-0.3, -0.25) is 9.39 Å². The maximum atomic E-state index is 5.46. The quantitative estimate of drug-likeness (QED) is 0.285. The van der Waals surface area contributed by atoms with Crippen molar-refractivity contribution in [3.05, 3.63) is 47.9 Å². The molecule has 0 bridgehead atoms. The Morgan fingerprint density at radius 3 is 2.34 bits per heavy atom. The van der Waals surface area contributed by atoms with Gasteiger partial charge in [0.2, 0.25) is 0 Å². The number of nitrogens with one attached hydrogen (secondary N) is 2. The Morgan fingerprint density at radius 1 is 0.966 bits per heavy atom. The van der Waals surface area contributed by atoms with Crippen molar-refractivity contribution in [2.75, 3.05) is 28.4 Å². The first-order valence-corrected chi connectivity index (χ1v) is 8.72. The average Bonchev–Trinajstić information content (AvgIpc) is 3.16. The van der Waals surface area contributed by atoms with Crippen LogP contribution in [0.2, 0.25) is 0 Å². The maximum Gasteiger partial charge on any atom is 0.191 e. The molecule has 10 heteroatoms. The maximum absolute atomic E-state index is 5.46. The molecule has 0 unspecified atom stereocenters. The summed E-state index contributed by atoms with van der Waals surface area (Å²) in [4.78, 5) is 4.25. The second-order valence-corrected chi connectivity index (χ2v) is 5.84. The molecule has 0 saturated heterocycles. The molecule has 0 aliphatic carbocycles. The van der Waals surface area contributed by atoms with Crippen LogP contribution < -0.4 is 24.8 Å². The first-order chi connectivity index (χ1) is 13.7. The van der Waals surface area contributed by atoms with E-state index in [1.807, 2.05) is 34.9 Å². The van der Waals surface area contributed by atoms with Crippen LogP contribution in [0.15, 0.2) is 41.5 Å². The van der Waals surface area contributed by atoms with Gasteiger partial charge >= 0.3 is 0 Å². The molecule has 2 aromatic heterocycles. The molecular formula is C19H25IN6O3. The Labute approximate surface area is 186 Å². The minimum absolute atomic E-state index is 0. The van der Waals surface area contributed by atoms with Crippen molar-refractivity contribution in [1.29, 1.82) is 0 Å². The van der Waals surface area contributed by atoms with Gasteiger partial charge in [-0.1, -0.05) is 6.07 Å². The van der Waals surface area contributed by atoms with Crippen molar-refractivity contribution in [3.63, 3.8) is 0 Å². The first kappa shape index (κ1) is 22.5. The van der Waals surface area contributed by atoms with Gasteiger partial charge in [-0.05, 0) is 18.2 Å². The third-order valence-corrected chi connectivity index (χ3v) is 4.25. The van der Waals surface area contributed by atoms with E-state index in [4.69, 9.17) is 14.2 Å². The van der Waals surface area contributed by atoms with Gasteiger partial charge in [0.05, 0.1) is 27.9 Å². The zero-order chi connectivity index (χ0) is 19.9. The number of pyridine rings is 1. The number of hydrogen-bond donors (Lipinski definition) is 2. The number of nitrogens with zero attached hydrogens (tertiary/aromatic N) is 4. The van der Waals surface area contributed by atoms with E-state index in [1.54, 1.807) is 34.4 Å². The number of ether oxygens (including phenoxy) is 3. The molecule has 1 aromatic carbocycles. The van der Waals surface area contributed by atoms with Crippen molar-refractivity contribution >= 4 is 35.6 Å². The fourth-order valence-electron chi connectivity index (χ4n) is 2.80. The lowest BCUT2D eigenvalue weighted by Gasteiger charge is -2.16. The van der Waals surface area contributed by atoms with Crippen LogP contribution in [-0.4, -0.2) is 48.9 Å². The molecular weight excluding hydrogens is 487 g/mol. The number of halogens is 1. The van der Waals surface area contributed by atoms with Gasteiger partial charge in [0, 0.05) is 31.4 Å². The van der Waals surface area contributed by atoms with Crippen LogP contribution in [0.3, 0.4) is 0 Å². The molecule has 0 aliphatic heterocycles. The molecule has 0 fully saturated rings. The SMILES string of the molecule is CN=C(NCc1cc(OC)c(OC)cc1OC)NCc1nnc2ccccn12.I. The Hall–Kier alpha value is -2.76. The van der Waals surface area contributed by atoms with Gasteiger partial charge in [0.1, 0.15) is 5.75 Å². The molecule has 3 aromatic rings. The molecule has 9 nitrogen and oxygen atoms in total. The standard InChI is InChI=1S/C19H24N6O3.HI/c1-20-19(22-12-18-24-23-17-7-5-6-8-25(17)18)21-11-13-9-15(27-3)16(28-4)10-14(13)26-2;/h5-10H,11-12H2,1-4H3,(H2,20,21,22);1H. The van der Waals surface area contributed by atoms with Crippen LogP contribution in [0.5, 0.6) is 17.2 Å². The normalized spacial score (nSPS) is 11.0. The number of benzene rings is 1. The van der Waals surface area contributed by atoms with E-state index in [9.17, 15) is 0 Å². The third-order valence-electron chi connectivity index (χ3n) is 4.25. The molecule has 0 aliphatic rings. The zero-order valence-electron chi connectivity index (χ0n) is 16.8. The van der Waals surface area contributed by atoms with Gasteiger partial charge in [-0.15, -0.1) is 34.2 Å². The molecule has 0 saturated carbocycles. The highest BCUT2D eigenvalue weighted by atomic mass is 127. The highest BCUT2D eigenvalue weighted by Crippen LogP contribution is 2.34. The predicted molar refractivity (Wildman–Crippen MR) is 122 cm³/mol. The number of aromatic nitrogens is 3. The third kappa shape index (κ3) is 5.19. The molecule has 2 heterocycles. The molecule has 29 heavy (non-hydrogen) atoms. The topological polar surface area (TPSA) is 94.3 Å². The van der Waals surface area contributed by atoms with Crippen LogP contribution in [0.4, 0.5) is 0 Å². The monoisotopic (exact) mass is 512 g/mol. The zero-order valence-corrected chi connectivity index (χ0v) is 19.1. The largest absolute Gasteiger partial charge is 0.496 e. The lowest BCUT2D eigenvalue weighted by Crippen LogP contribution is -2.36. The number of methoxy groups -OCH3 is 3. The van der Waals surface area contributed by atoms with E-state index in [0.29, 0.717) is 36.3 Å². The van der Waals surface area contributed by atoms with Crippen LogP contribution in [0.1, 0.15) is 11.4 Å². The fourth-order valence-corrected chi connectivity index (χ4v) is 2.80. The predicted octanol–water partition coefficient (Wildman–Crippen LogP) is 2.24. The lowest BCUT2D eigenvalue weighted by atomic mass is 10.1. The number of guanidine groups is 1. The summed E-state index contributed by atoms with van der Waals surface area (Å²) in [6.45, 7) is 0.970. The minimum Gasteiger partial charge on any atom is -0.496 e. The van der Waals surface area contributed by atoms with E-state index in [2.05, 4.69) is 25.8 Å². The second-order valence-electron chi connectivity index (χ2n) is 5.84. The Balaban J connectivity index is 0.00000300. The molecule has 3 rings (SSSR count). The van der Waals surface area contributed by atoms with E-state index in [0.717, 1.165) is 17.0 Å². The Morgan fingerprint density at radius 2 is 1.66 bits per heavy atom. The molecule has 0 amide bonds. The summed E-state index contributed by atoms with van der Waals surface area (Å²) < 4.78 is 18.1. The van der Waals surface area contributed by atoms with Gasteiger partial charge in [-0.25, -0.2) is 0 Å². The van der Waals surface area contributed by atoms with Gasteiger partial charge in [-0.2, -0.15) is 0 Å². The average molecular weight is 512 g/mol. The van der Waals surface area contributed by atoms with E-state index >= 15 is 0 Å². The molecule has 0 spiro atoms. The Bertz CT molecular complexity index is 976. The highest BCUT2D eigenvalue weighted by molar-refractivity contribution is 14.0. The summed E-state index contributed by atoms with van der Waals surface area (Å²) in [5, 5.41) is 14.9. The van der Waals surface area contributed by atoms with E-state index in [1.165, 1.54) is 0 Å². The van der Waals surface area contributed by atoms with Crippen molar-refractivity contribution in [1.82, 2.24) is 25.2 Å².